The van der Waals surface area contributed by atoms with E-state index in [1.165, 1.54) is 6.42 Å². The normalized spacial score (nSPS) is 55.3. The van der Waals surface area contributed by atoms with Gasteiger partial charge in [0.1, 0.15) is 7.85 Å². The lowest BCUT2D eigenvalue weighted by atomic mass is 9.60. The number of ether oxygens (including phenoxy) is 1. The van der Waals surface area contributed by atoms with Gasteiger partial charge in [-0.2, -0.15) is 0 Å². The van der Waals surface area contributed by atoms with Crippen LogP contribution in [0.2, 0.25) is 0 Å². The molecule has 0 aromatic carbocycles. The second-order valence-corrected chi connectivity index (χ2v) is 4.00. The first-order chi connectivity index (χ1) is 5.24. The fourth-order valence-electron chi connectivity index (χ4n) is 2.73. The van der Waals surface area contributed by atoms with Crippen molar-refractivity contribution in [3.05, 3.63) is 0 Å². The molecule has 0 bridgehead atoms. The maximum atomic E-state index is 5.83. The van der Waals surface area contributed by atoms with Crippen LogP contribution in [0.15, 0.2) is 0 Å². The molecular formula is C9H15BO. The van der Waals surface area contributed by atoms with E-state index in [0.29, 0.717) is 12.0 Å². The van der Waals surface area contributed by atoms with Crippen molar-refractivity contribution in [3.8, 4) is 0 Å². The predicted molar refractivity (Wildman–Crippen MR) is 45.5 cm³/mol. The molecule has 1 saturated heterocycles. The Hall–Kier alpha value is 0.0249. The van der Waals surface area contributed by atoms with E-state index in [9.17, 15) is 0 Å². The quantitative estimate of drug-likeness (QED) is 0.515. The van der Waals surface area contributed by atoms with Gasteiger partial charge in [0.2, 0.25) is 0 Å². The first-order valence-electron chi connectivity index (χ1n) is 4.65. The highest BCUT2D eigenvalue weighted by molar-refractivity contribution is 6.11. The number of rotatable bonds is 1. The Kier molecular flexibility index (Phi) is 1.75. The first-order valence-corrected chi connectivity index (χ1v) is 4.65. The average molecular weight is 150 g/mol. The largest absolute Gasteiger partial charge is 0.384 e. The number of hydrogen-bond acceptors (Lipinski definition) is 1. The van der Waals surface area contributed by atoms with Crippen molar-refractivity contribution in [2.75, 3.05) is 0 Å². The smallest absolute Gasteiger partial charge is 0.109 e. The van der Waals surface area contributed by atoms with Crippen molar-refractivity contribution >= 4 is 7.85 Å². The van der Waals surface area contributed by atoms with Crippen molar-refractivity contribution < 1.29 is 4.74 Å². The summed E-state index contributed by atoms with van der Waals surface area (Å²) in [6, 6.07) is 0.0427. The van der Waals surface area contributed by atoms with Gasteiger partial charge in [-0.05, 0) is 30.6 Å². The second-order valence-electron chi connectivity index (χ2n) is 4.00. The zero-order valence-electron chi connectivity index (χ0n) is 7.29. The Morgan fingerprint density at radius 2 is 2.27 bits per heavy atom. The molecule has 0 spiro atoms. The Labute approximate surface area is 69.9 Å². The van der Waals surface area contributed by atoms with Gasteiger partial charge < -0.3 is 4.74 Å². The lowest BCUT2D eigenvalue weighted by Crippen LogP contribution is -2.39. The van der Waals surface area contributed by atoms with Crippen LogP contribution in [0.1, 0.15) is 26.7 Å². The van der Waals surface area contributed by atoms with Crippen molar-refractivity contribution in [1.29, 1.82) is 0 Å². The van der Waals surface area contributed by atoms with Gasteiger partial charge in [0.25, 0.3) is 0 Å². The van der Waals surface area contributed by atoms with Gasteiger partial charge in [-0.15, -0.1) is 0 Å². The fraction of sp³-hybridized carbons (Fsp3) is 1.00. The highest BCUT2D eigenvalue weighted by atomic mass is 16.5. The van der Waals surface area contributed by atoms with E-state index in [-0.39, 0.29) is 6.00 Å². The molecule has 2 heteroatoms. The molecular weight excluding hydrogens is 135 g/mol. The maximum absolute atomic E-state index is 5.83. The molecule has 0 aromatic rings. The predicted octanol–water partition coefficient (Wildman–Crippen LogP) is 1.56. The molecule has 0 aromatic heterocycles. The molecule has 11 heavy (non-hydrogen) atoms. The molecule has 60 valence electrons. The minimum Gasteiger partial charge on any atom is -0.384 e. The lowest BCUT2D eigenvalue weighted by molar-refractivity contribution is 0.0549. The van der Waals surface area contributed by atoms with Crippen molar-refractivity contribution in [2.45, 2.75) is 38.8 Å². The van der Waals surface area contributed by atoms with Crippen LogP contribution in [0.3, 0.4) is 0 Å². The van der Waals surface area contributed by atoms with Gasteiger partial charge >= 0.3 is 0 Å². The molecule has 1 nitrogen and oxygen atoms in total. The third-order valence-corrected chi connectivity index (χ3v) is 3.38. The molecule has 0 N–H and O–H groups in total. The Morgan fingerprint density at radius 1 is 1.55 bits per heavy atom. The van der Waals surface area contributed by atoms with Crippen LogP contribution in [0, 0.1) is 17.8 Å². The van der Waals surface area contributed by atoms with E-state index in [2.05, 4.69) is 13.8 Å². The number of hydrogen-bond donors (Lipinski definition) is 0. The monoisotopic (exact) mass is 150 g/mol. The molecule has 0 amide bonds. The Balaban J connectivity index is 2.06. The molecule has 1 saturated carbocycles. The SMILES string of the molecule is [B][C@@H]1OC(CC)C2C(C)C[C@@H]21. The summed E-state index contributed by atoms with van der Waals surface area (Å²) in [5.74, 6) is 2.29. The summed E-state index contributed by atoms with van der Waals surface area (Å²) >= 11 is 0. The zero-order chi connectivity index (χ0) is 8.01. The molecule has 3 unspecified atom stereocenters. The van der Waals surface area contributed by atoms with E-state index in [1.54, 1.807) is 0 Å². The van der Waals surface area contributed by atoms with Crippen molar-refractivity contribution in [1.82, 2.24) is 0 Å². The molecule has 1 aliphatic carbocycles. The maximum Gasteiger partial charge on any atom is 0.109 e. The average Bonchev–Trinajstić information content (AvgIpc) is 2.22. The van der Waals surface area contributed by atoms with Gasteiger partial charge in [0.05, 0.1) is 6.10 Å². The topological polar surface area (TPSA) is 9.23 Å². The van der Waals surface area contributed by atoms with Crippen molar-refractivity contribution in [2.24, 2.45) is 17.8 Å². The van der Waals surface area contributed by atoms with E-state index in [0.717, 1.165) is 18.3 Å². The van der Waals surface area contributed by atoms with E-state index >= 15 is 0 Å². The first kappa shape index (κ1) is 7.66. The standard InChI is InChI=1S/C9H15BO/c1-3-7-8-5(2)4-6(8)9(10)11-7/h5-9H,3-4H2,1-2H3/t5?,6-,7?,8?,9+/m0/s1. The minimum atomic E-state index is 0.0427. The Morgan fingerprint density at radius 3 is 2.73 bits per heavy atom. The van der Waals surface area contributed by atoms with Gasteiger partial charge in [0, 0.05) is 6.00 Å². The summed E-state index contributed by atoms with van der Waals surface area (Å²) in [6.07, 6.45) is 2.86. The molecule has 1 heterocycles. The lowest BCUT2D eigenvalue weighted by Gasteiger charge is -2.40. The van der Waals surface area contributed by atoms with Gasteiger partial charge in [-0.25, -0.2) is 0 Å². The summed E-state index contributed by atoms with van der Waals surface area (Å²) in [6.45, 7) is 4.50. The van der Waals surface area contributed by atoms with Crippen LogP contribution in [-0.4, -0.2) is 20.0 Å². The van der Waals surface area contributed by atoms with Crippen molar-refractivity contribution in [3.63, 3.8) is 0 Å². The van der Waals surface area contributed by atoms with Crippen LogP contribution in [0.25, 0.3) is 0 Å². The summed E-state index contributed by atoms with van der Waals surface area (Å²) in [5.41, 5.74) is 0. The molecule has 2 aliphatic rings. The minimum absolute atomic E-state index is 0.0427. The van der Waals surface area contributed by atoms with Crippen LogP contribution < -0.4 is 0 Å². The third kappa shape index (κ3) is 0.953. The fourth-order valence-corrected chi connectivity index (χ4v) is 2.73. The molecule has 1 aliphatic heterocycles. The van der Waals surface area contributed by atoms with E-state index < -0.39 is 0 Å². The van der Waals surface area contributed by atoms with Crippen LogP contribution in [0.5, 0.6) is 0 Å². The van der Waals surface area contributed by atoms with E-state index in [1.807, 2.05) is 0 Å². The molecule has 2 rings (SSSR count). The summed E-state index contributed by atoms with van der Waals surface area (Å²) < 4.78 is 5.65. The highest BCUT2D eigenvalue weighted by Gasteiger charge is 2.50. The summed E-state index contributed by atoms with van der Waals surface area (Å²) in [5, 5.41) is 0. The van der Waals surface area contributed by atoms with Gasteiger partial charge in [-0.3, -0.25) is 0 Å². The molecule has 5 atom stereocenters. The Bertz CT molecular complexity index is 160. The zero-order valence-corrected chi connectivity index (χ0v) is 7.29. The van der Waals surface area contributed by atoms with Crippen LogP contribution >= 0.6 is 0 Å². The van der Waals surface area contributed by atoms with E-state index in [4.69, 9.17) is 12.6 Å². The van der Waals surface area contributed by atoms with Gasteiger partial charge in [-0.1, -0.05) is 13.8 Å². The van der Waals surface area contributed by atoms with Crippen LogP contribution in [-0.2, 0) is 4.74 Å². The second kappa shape index (κ2) is 2.51. The number of fused-ring (bicyclic) bond motifs is 1. The van der Waals surface area contributed by atoms with Crippen LogP contribution in [0.4, 0.5) is 0 Å². The third-order valence-electron chi connectivity index (χ3n) is 3.38. The molecule has 2 radical (unpaired) electrons. The summed E-state index contributed by atoms with van der Waals surface area (Å²) in [4.78, 5) is 0. The highest BCUT2D eigenvalue weighted by Crippen LogP contribution is 2.51. The summed E-state index contributed by atoms with van der Waals surface area (Å²) in [7, 11) is 5.83. The molecule has 2 fully saturated rings. The van der Waals surface area contributed by atoms with Gasteiger partial charge in [0.15, 0.2) is 0 Å².